The predicted octanol–water partition coefficient (Wildman–Crippen LogP) is 3.60. The van der Waals surface area contributed by atoms with E-state index in [1.807, 2.05) is 13.0 Å². The van der Waals surface area contributed by atoms with E-state index < -0.39 is 0 Å². The minimum absolute atomic E-state index is 0.776. The Morgan fingerprint density at radius 1 is 1.00 bits per heavy atom. The van der Waals surface area contributed by atoms with Gasteiger partial charge in [-0.05, 0) is 37.8 Å². The Bertz CT molecular complexity index is 767. The van der Waals surface area contributed by atoms with Gasteiger partial charge in [0.15, 0.2) is 0 Å². The smallest absolute Gasteiger partial charge is 0.227 e. The molecule has 1 N–H and O–H groups in total. The van der Waals surface area contributed by atoms with Gasteiger partial charge in [0.2, 0.25) is 5.95 Å². The Hall–Kier alpha value is -2.34. The van der Waals surface area contributed by atoms with Crippen LogP contribution in [0.1, 0.15) is 25.5 Å². The van der Waals surface area contributed by atoms with Gasteiger partial charge in [-0.3, -0.25) is 0 Å². The molecule has 2 saturated heterocycles. The molecule has 2 fully saturated rings. The van der Waals surface area contributed by atoms with Crippen molar-refractivity contribution in [2.24, 2.45) is 5.92 Å². The van der Waals surface area contributed by atoms with Gasteiger partial charge in [-0.25, -0.2) is 4.98 Å². The number of ether oxygens (including phenoxy) is 1. The summed E-state index contributed by atoms with van der Waals surface area (Å²) in [6.07, 6.45) is 2.42. The highest BCUT2D eigenvalue weighted by Gasteiger charge is 2.19. The van der Waals surface area contributed by atoms with Crippen molar-refractivity contribution in [1.82, 2.24) is 9.97 Å². The van der Waals surface area contributed by atoms with Crippen molar-refractivity contribution in [3.63, 3.8) is 0 Å². The van der Waals surface area contributed by atoms with Crippen LogP contribution in [0.3, 0.4) is 0 Å². The molecule has 0 unspecified atom stereocenters. The number of rotatable bonds is 4. The van der Waals surface area contributed by atoms with Crippen LogP contribution in [0.5, 0.6) is 0 Å². The van der Waals surface area contributed by atoms with Crippen LogP contribution in [0.4, 0.5) is 23.1 Å². The second kappa shape index (κ2) is 8.13. The molecule has 4 rings (SSSR count). The number of hydrogen-bond acceptors (Lipinski definition) is 6. The molecule has 0 amide bonds. The lowest BCUT2D eigenvalue weighted by molar-refractivity contribution is 0.123. The zero-order valence-corrected chi connectivity index (χ0v) is 16.3. The molecule has 3 heterocycles. The van der Waals surface area contributed by atoms with Gasteiger partial charge >= 0.3 is 0 Å². The van der Waals surface area contributed by atoms with Gasteiger partial charge < -0.3 is 19.9 Å². The summed E-state index contributed by atoms with van der Waals surface area (Å²) in [6, 6.07) is 10.4. The zero-order chi connectivity index (χ0) is 18.6. The van der Waals surface area contributed by atoms with E-state index in [4.69, 9.17) is 9.72 Å². The van der Waals surface area contributed by atoms with E-state index in [2.05, 4.69) is 51.3 Å². The number of piperidine rings is 1. The number of nitrogens with one attached hydrogen (secondary N) is 1. The molecule has 144 valence electrons. The highest BCUT2D eigenvalue weighted by Crippen LogP contribution is 2.30. The molecule has 2 aliphatic heterocycles. The number of aryl methyl sites for hydroxylation is 1. The first-order chi connectivity index (χ1) is 13.2. The summed E-state index contributed by atoms with van der Waals surface area (Å²) >= 11 is 0. The second-order valence-electron chi connectivity index (χ2n) is 7.61. The maximum absolute atomic E-state index is 5.50. The third kappa shape index (κ3) is 4.33. The lowest BCUT2D eigenvalue weighted by atomic mass is 10.00. The molecule has 27 heavy (non-hydrogen) atoms. The maximum atomic E-state index is 5.50. The van der Waals surface area contributed by atoms with Crippen LogP contribution >= 0.6 is 0 Å². The molecule has 2 aromatic rings. The summed E-state index contributed by atoms with van der Waals surface area (Å²) in [6.45, 7) is 9.82. The molecule has 0 aliphatic carbocycles. The van der Waals surface area contributed by atoms with E-state index in [0.29, 0.717) is 0 Å². The van der Waals surface area contributed by atoms with Crippen LogP contribution in [0.25, 0.3) is 0 Å². The Balaban J connectivity index is 1.56. The molecule has 0 radical (unpaired) electrons. The molecule has 0 saturated carbocycles. The van der Waals surface area contributed by atoms with E-state index in [9.17, 15) is 0 Å². The first kappa shape index (κ1) is 18.0. The average Bonchev–Trinajstić information content (AvgIpc) is 2.69. The fraction of sp³-hybridized carbons (Fsp3) is 0.524. The Morgan fingerprint density at radius 3 is 2.52 bits per heavy atom. The van der Waals surface area contributed by atoms with Crippen molar-refractivity contribution in [1.29, 1.82) is 0 Å². The van der Waals surface area contributed by atoms with E-state index in [-0.39, 0.29) is 0 Å². The van der Waals surface area contributed by atoms with Crippen molar-refractivity contribution in [2.45, 2.75) is 26.7 Å². The van der Waals surface area contributed by atoms with Crippen molar-refractivity contribution < 1.29 is 4.74 Å². The number of hydrogen-bond donors (Lipinski definition) is 1. The monoisotopic (exact) mass is 367 g/mol. The van der Waals surface area contributed by atoms with Crippen molar-refractivity contribution in [2.75, 3.05) is 54.5 Å². The van der Waals surface area contributed by atoms with Crippen LogP contribution in [-0.4, -0.2) is 49.4 Å². The molecule has 0 atom stereocenters. The quantitative estimate of drug-likeness (QED) is 0.891. The molecule has 6 nitrogen and oxygen atoms in total. The van der Waals surface area contributed by atoms with Crippen LogP contribution in [-0.2, 0) is 4.74 Å². The Morgan fingerprint density at radius 2 is 1.74 bits per heavy atom. The van der Waals surface area contributed by atoms with Gasteiger partial charge in [0.25, 0.3) is 0 Å². The zero-order valence-electron chi connectivity index (χ0n) is 16.3. The van der Waals surface area contributed by atoms with Crippen molar-refractivity contribution in [3.05, 3.63) is 36.0 Å². The number of anilines is 4. The molecule has 0 spiro atoms. The third-order valence-electron chi connectivity index (χ3n) is 5.43. The summed E-state index contributed by atoms with van der Waals surface area (Å²) < 4.78 is 5.50. The van der Waals surface area contributed by atoms with Gasteiger partial charge in [-0.2, -0.15) is 4.98 Å². The van der Waals surface area contributed by atoms with Crippen LogP contribution in [0.2, 0.25) is 0 Å². The van der Waals surface area contributed by atoms with Gasteiger partial charge in [-0.1, -0.05) is 19.1 Å². The lowest BCUT2D eigenvalue weighted by Crippen LogP contribution is -2.36. The molecule has 0 bridgehead atoms. The van der Waals surface area contributed by atoms with Crippen LogP contribution in [0.15, 0.2) is 30.3 Å². The summed E-state index contributed by atoms with van der Waals surface area (Å²) in [7, 11) is 0. The van der Waals surface area contributed by atoms with E-state index in [1.165, 1.54) is 18.5 Å². The molecular weight excluding hydrogens is 338 g/mol. The number of benzene rings is 1. The number of nitrogens with zero attached hydrogens (tertiary/aromatic N) is 4. The highest BCUT2D eigenvalue weighted by atomic mass is 16.5. The Labute approximate surface area is 161 Å². The molecule has 2 aliphatic rings. The first-order valence-electron chi connectivity index (χ1n) is 9.98. The van der Waals surface area contributed by atoms with Gasteiger partial charge in [0.1, 0.15) is 5.82 Å². The third-order valence-corrected chi connectivity index (χ3v) is 5.43. The molecule has 6 heteroatoms. The van der Waals surface area contributed by atoms with Gasteiger partial charge in [-0.15, -0.1) is 0 Å². The largest absolute Gasteiger partial charge is 0.378 e. The minimum Gasteiger partial charge on any atom is -0.378 e. The van der Waals surface area contributed by atoms with E-state index in [0.717, 1.165) is 68.5 Å². The normalized spacial score (nSPS) is 18.6. The number of morpholine rings is 1. The first-order valence-corrected chi connectivity index (χ1v) is 9.98. The summed E-state index contributed by atoms with van der Waals surface area (Å²) in [5, 5.41) is 3.54. The standard InChI is InChI=1S/C21H29N5O/c1-16-7-9-26(10-8-16)21-22-17(2)15-20(24-21)23-18-5-3-4-6-19(18)25-11-13-27-14-12-25/h3-6,15-16H,7-14H2,1-2H3,(H,22,23,24). The molecule has 1 aromatic carbocycles. The molecular formula is C21H29N5O. The van der Waals surface area contributed by atoms with Crippen molar-refractivity contribution in [3.8, 4) is 0 Å². The summed E-state index contributed by atoms with van der Waals surface area (Å²) in [4.78, 5) is 14.2. The summed E-state index contributed by atoms with van der Waals surface area (Å²) in [5.41, 5.74) is 3.27. The lowest BCUT2D eigenvalue weighted by Gasteiger charge is -2.31. The van der Waals surface area contributed by atoms with Crippen LogP contribution in [0, 0.1) is 12.8 Å². The van der Waals surface area contributed by atoms with E-state index >= 15 is 0 Å². The minimum atomic E-state index is 0.776. The highest BCUT2D eigenvalue weighted by molar-refractivity contribution is 5.74. The fourth-order valence-electron chi connectivity index (χ4n) is 3.76. The number of para-hydroxylation sites is 2. The predicted molar refractivity (Wildman–Crippen MR) is 110 cm³/mol. The fourth-order valence-corrected chi connectivity index (χ4v) is 3.76. The number of aromatic nitrogens is 2. The van der Waals surface area contributed by atoms with E-state index in [1.54, 1.807) is 0 Å². The maximum Gasteiger partial charge on any atom is 0.227 e. The van der Waals surface area contributed by atoms with Crippen molar-refractivity contribution >= 4 is 23.1 Å². The van der Waals surface area contributed by atoms with Crippen LogP contribution < -0.4 is 15.1 Å². The summed E-state index contributed by atoms with van der Waals surface area (Å²) in [5.74, 6) is 2.49. The average molecular weight is 367 g/mol. The molecule has 1 aromatic heterocycles. The second-order valence-corrected chi connectivity index (χ2v) is 7.61. The SMILES string of the molecule is Cc1cc(Nc2ccccc2N2CCOCC2)nc(N2CCC(C)CC2)n1. The van der Waals surface area contributed by atoms with Gasteiger partial charge in [0.05, 0.1) is 24.6 Å². The Kier molecular flexibility index (Phi) is 5.43. The van der Waals surface area contributed by atoms with Gasteiger partial charge in [0, 0.05) is 37.9 Å². The topological polar surface area (TPSA) is 53.5 Å².